The van der Waals surface area contributed by atoms with Crippen LogP contribution < -0.4 is 11.1 Å². The summed E-state index contributed by atoms with van der Waals surface area (Å²) in [5.41, 5.74) is 7.07. The summed E-state index contributed by atoms with van der Waals surface area (Å²) in [6, 6.07) is 0. The van der Waals surface area contributed by atoms with Crippen molar-refractivity contribution >= 4 is 50.7 Å². The number of primary amides is 1. The van der Waals surface area contributed by atoms with Gasteiger partial charge in [0.1, 0.15) is 5.00 Å². The van der Waals surface area contributed by atoms with E-state index in [0.29, 0.717) is 22.7 Å². The number of carbonyl (C=O) groups excluding carboxylic acids is 2. The molecule has 6 nitrogen and oxygen atoms in total. The number of nitrogens with one attached hydrogen (secondary N) is 1. The van der Waals surface area contributed by atoms with Crippen molar-refractivity contribution in [3.05, 3.63) is 31.5 Å². The standard InChI is InChI=1S/C13H15IN4O2S/c1-4-7-6(2)21-13(9(7)11(15)19)16-12(20)10-8(14)5-18(3)17-10/h5H,4H2,1-3H3,(H2,15,19)(H,16,20). The van der Waals surface area contributed by atoms with E-state index in [2.05, 4.69) is 10.4 Å². The van der Waals surface area contributed by atoms with Gasteiger partial charge in [-0.2, -0.15) is 5.10 Å². The number of nitrogens with two attached hydrogens (primary N) is 1. The summed E-state index contributed by atoms with van der Waals surface area (Å²) in [6.07, 6.45) is 2.44. The molecule has 0 atom stereocenters. The SMILES string of the molecule is CCc1c(C)sc(NC(=O)c2nn(C)cc2I)c1C(N)=O. The molecule has 2 heterocycles. The third kappa shape index (κ3) is 3.10. The van der Waals surface area contributed by atoms with Crippen LogP contribution in [0, 0.1) is 10.5 Å². The molecular formula is C13H15IN4O2S. The van der Waals surface area contributed by atoms with E-state index in [9.17, 15) is 9.59 Å². The fourth-order valence-electron chi connectivity index (χ4n) is 2.13. The Balaban J connectivity index is 2.38. The van der Waals surface area contributed by atoms with Gasteiger partial charge < -0.3 is 11.1 Å². The molecule has 2 aromatic heterocycles. The van der Waals surface area contributed by atoms with Gasteiger partial charge in [0.25, 0.3) is 11.8 Å². The molecule has 0 unspecified atom stereocenters. The van der Waals surface area contributed by atoms with Crippen molar-refractivity contribution in [1.29, 1.82) is 0 Å². The first-order valence-electron chi connectivity index (χ1n) is 6.27. The second-order valence-corrected chi connectivity index (χ2v) is 6.90. The van der Waals surface area contributed by atoms with Gasteiger partial charge in [0, 0.05) is 18.1 Å². The second-order valence-electron chi connectivity index (χ2n) is 4.51. The average Bonchev–Trinajstić information content (AvgIpc) is 2.88. The Morgan fingerprint density at radius 2 is 2.19 bits per heavy atom. The van der Waals surface area contributed by atoms with Crippen LogP contribution >= 0.6 is 33.9 Å². The van der Waals surface area contributed by atoms with E-state index in [1.165, 1.54) is 11.3 Å². The predicted molar refractivity (Wildman–Crippen MR) is 90.8 cm³/mol. The number of amides is 2. The lowest BCUT2D eigenvalue weighted by Crippen LogP contribution is -2.18. The van der Waals surface area contributed by atoms with Crippen LogP contribution in [0.1, 0.15) is 38.2 Å². The lowest BCUT2D eigenvalue weighted by molar-refractivity contribution is 0.100. The Morgan fingerprint density at radius 1 is 1.52 bits per heavy atom. The number of hydrogen-bond acceptors (Lipinski definition) is 4. The highest BCUT2D eigenvalue weighted by Gasteiger charge is 2.22. The zero-order valence-electron chi connectivity index (χ0n) is 11.9. The Kier molecular flexibility index (Phi) is 4.67. The lowest BCUT2D eigenvalue weighted by atomic mass is 10.1. The molecule has 2 aromatic rings. The van der Waals surface area contributed by atoms with E-state index < -0.39 is 5.91 Å². The number of nitrogens with zero attached hydrogens (tertiary/aromatic N) is 2. The van der Waals surface area contributed by atoms with Crippen molar-refractivity contribution in [2.24, 2.45) is 12.8 Å². The van der Waals surface area contributed by atoms with Crippen LogP contribution in [0.15, 0.2) is 6.20 Å². The largest absolute Gasteiger partial charge is 0.365 e. The Bertz CT molecular complexity index is 720. The molecule has 0 aliphatic carbocycles. The molecule has 21 heavy (non-hydrogen) atoms. The van der Waals surface area contributed by atoms with E-state index in [-0.39, 0.29) is 5.91 Å². The second kappa shape index (κ2) is 6.14. The van der Waals surface area contributed by atoms with Gasteiger partial charge in [-0.3, -0.25) is 14.3 Å². The highest BCUT2D eigenvalue weighted by Crippen LogP contribution is 2.33. The maximum Gasteiger partial charge on any atom is 0.277 e. The third-order valence-electron chi connectivity index (χ3n) is 3.04. The molecule has 0 bridgehead atoms. The maximum atomic E-state index is 12.3. The summed E-state index contributed by atoms with van der Waals surface area (Å²) >= 11 is 3.41. The number of thiophene rings is 1. The topological polar surface area (TPSA) is 90.0 Å². The number of aryl methyl sites for hydroxylation is 2. The molecule has 112 valence electrons. The molecule has 0 aliphatic heterocycles. The summed E-state index contributed by atoms with van der Waals surface area (Å²) < 4.78 is 2.32. The number of carbonyl (C=O) groups is 2. The van der Waals surface area contributed by atoms with E-state index in [0.717, 1.165) is 14.0 Å². The molecule has 0 fully saturated rings. The number of anilines is 1. The molecule has 8 heteroatoms. The number of halogens is 1. The highest BCUT2D eigenvalue weighted by molar-refractivity contribution is 14.1. The Labute approximate surface area is 139 Å². The van der Waals surface area contributed by atoms with Crippen molar-refractivity contribution in [3.63, 3.8) is 0 Å². The van der Waals surface area contributed by atoms with Gasteiger partial charge in [-0.1, -0.05) is 6.92 Å². The van der Waals surface area contributed by atoms with Gasteiger partial charge in [0.05, 0.1) is 9.13 Å². The van der Waals surface area contributed by atoms with E-state index in [1.54, 1.807) is 17.9 Å². The van der Waals surface area contributed by atoms with Gasteiger partial charge in [-0.05, 0) is 41.5 Å². The number of aromatic nitrogens is 2. The summed E-state index contributed by atoms with van der Waals surface area (Å²) in [5, 5.41) is 7.36. The zero-order valence-corrected chi connectivity index (χ0v) is 14.8. The molecule has 0 aromatic carbocycles. The van der Waals surface area contributed by atoms with Crippen LogP contribution in [0.2, 0.25) is 0 Å². The van der Waals surface area contributed by atoms with E-state index in [1.807, 2.05) is 36.4 Å². The first-order chi connectivity index (χ1) is 9.85. The van der Waals surface area contributed by atoms with Crippen molar-refractivity contribution in [2.75, 3.05) is 5.32 Å². The van der Waals surface area contributed by atoms with Gasteiger partial charge in [-0.15, -0.1) is 11.3 Å². The minimum atomic E-state index is -0.526. The average molecular weight is 418 g/mol. The van der Waals surface area contributed by atoms with Crippen molar-refractivity contribution < 1.29 is 9.59 Å². The van der Waals surface area contributed by atoms with Crippen LogP contribution in [0.3, 0.4) is 0 Å². The van der Waals surface area contributed by atoms with Crippen molar-refractivity contribution in [3.8, 4) is 0 Å². The highest BCUT2D eigenvalue weighted by atomic mass is 127. The molecule has 0 radical (unpaired) electrons. The van der Waals surface area contributed by atoms with Crippen LogP contribution in [0.5, 0.6) is 0 Å². The van der Waals surface area contributed by atoms with Crippen LogP contribution in [-0.2, 0) is 13.5 Å². The van der Waals surface area contributed by atoms with Crippen LogP contribution in [-0.4, -0.2) is 21.6 Å². The molecule has 3 N–H and O–H groups in total. The van der Waals surface area contributed by atoms with Crippen molar-refractivity contribution in [2.45, 2.75) is 20.3 Å². The minimum absolute atomic E-state index is 0.331. The normalized spacial score (nSPS) is 10.7. The molecule has 0 aliphatic rings. The van der Waals surface area contributed by atoms with Crippen LogP contribution in [0.4, 0.5) is 5.00 Å². The Morgan fingerprint density at radius 3 is 2.67 bits per heavy atom. The van der Waals surface area contributed by atoms with Gasteiger partial charge in [0.15, 0.2) is 5.69 Å². The summed E-state index contributed by atoms with van der Waals surface area (Å²) in [6.45, 7) is 3.87. The minimum Gasteiger partial charge on any atom is -0.365 e. The van der Waals surface area contributed by atoms with E-state index >= 15 is 0 Å². The molecule has 0 saturated heterocycles. The fourth-order valence-corrected chi connectivity index (χ4v) is 4.03. The fraction of sp³-hybridized carbons (Fsp3) is 0.308. The van der Waals surface area contributed by atoms with Gasteiger partial charge in [0.2, 0.25) is 0 Å². The zero-order chi connectivity index (χ0) is 15.7. The summed E-state index contributed by atoms with van der Waals surface area (Å²) in [7, 11) is 1.75. The summed E-state index contributed by atoms with van der Waals surface area (Å²) in [5.74, 6) is -0.867. The maximum absolute atomic E-state index is 12.3. The molecule has 0 spiro atoms. The van der Waals surface area contributed by atoms with Gasteiger partial charge >= 0.3 is 0 Å². The monoisotopic (exact) mass is 418 g/mol. The molecule has 2 rings (SSSR count). The smallest absolute Gasteiger partial charge is 0.277 e. The number of rotatable bonds is 4. The Hall–Kier alpha value is -1.42. The third-order valence-corrected chi connectivity index (χ3v) is 4.89. The molecule has 0 saturated carbocycles. The van der Waals surface area contributed by atoms with Crippen molar-refractivity contribution in [1.82, 2.24) is 9.78 Å². The summed E-state index contributed by atoms with van der Waals surface area (Å²) in [4.78, 5) is 24.9. The number of hydrogen-bond donors (Lipinski definition) is 2. The molecular weight excluding hydrogens is 403 g/mol. The van der Waals surface area contributed by atoms with Crippen LogP contribution in [0.25, 0.3) is 0 Å². The van der Waals surface area contributed by atoms with E-state index in [4.69, 9.17) is 5.73 Å². The lowest BCUT2D eigenvalue weighted by Gasteiger charge is -2.04. The quantitative estimate of drug-likeness (QED) is 0.747. The molecule has 2 amide bonds. The first kappa shape index (κ1) is 16.0. The first-order valence-corrected chi connectivity index (χ1v) is 8.17. The van der Waals surface area contributed by atoms with Gasteiger partial charge in [-0.25, -0.2) is 0 Å². The predicted octanol–water partition coefficient (Wildman–Crippen LogP) is 2.31.